The number of carbonyl (C=O) groups is 1. The average Bonchev–Trinajstić information content (AvgIpc) is 2.42. The minimum Gasteiger partial charge on any atom is -0.346 e. The lowest BCUT2D eigenvalue weighted by atomic mass is 10.1. The molecule has 1 heterocycles. The Hall–Kier alpha value is -1.75. The number of amides is 1. The third-order valence-electron chi connectivity index (χ3n) is 2.74. The van der Waals surface area contributed by atoms with Crippen molar-refractivity contribution in [3.05, 3.63) is 64.1 Å². The number of pyridine rings is 1. The zero-order valence-electron chi connectivity index (χ0n) is 10.2. The van der Waals surface area contributed by atoms with Gasteiger partial charge < -0.3 is 5.32 Å². The van der Waals surface area contributed by atoms with Gasteiger partial charge in [0.15, 0.2) is 0 Å². The van der Waals surface area contributed by atoms with Crippen molar-refractivity contribution in [2.24, 2.45) is 0 Å². The maximum atomic E-state index is 13.1. The van der Waals surface area contributed by atoms with Gasteiger partial charge in [0.1, 0.15) is 5.82 Å². The van der Waals surface area contributed by atoms with E-state index in [2.05, 4.69) is 26.2 Å². The first-order valence-electron chi connectivity index (χ1n) is 5.74. The average molecular weight is 323 g/mol. The molecule has 1 aromatic heterocycles. The smallest absolute Gasteiger partial charge is 0.251 e. The minimum absolute atomic E-state index is 0.140. The van der Waals surface area contributed by atoms with Crippen molar-refractivity contribution >= 4 is 21.8 Å². The van der Waals surface area contributed by atoms with Gasteiger partial charge >= 0.3 is 0 Å². The standard InChI is InChI=1S/C14H12BrFN2O/c1-9(10-4-6-17-7-5-10)18-14(19)11-2-3-13(16)12(15)8-11/h2-9H,1H3,(H,18,19). The number of carbonyl (C=O) groups excluding carboxylic acids is 1. The van der Waals surface area contributed by atoms with Crippen molar-refractivity contribution in [1.29, 1.82) is 0 Å². The summed E-state index contributed by atoms with van der Waals surface area (Å²) in [6.45, 7) is 1.88. The van der Waals surface area contributed by atoms with Crippen LogP contribution in [0, 0.1) is 5.82 Å². The lowest BCUT2D eigenvalue weighted by Crippen LogP contribution is -2.26. The molecular formula is C14H12BrFN2O. The topological polar surface area (TPSA) is 42.0 Å². The molecule has 5 heteroatoms. The van der Waals surface area contributed by atoms with Crippen molar-refractivity contribution in [3.63, 3.8) is 0 Å². The second-order valence-electron chi connectivity index (χ2n) is 4.10. The Morgan fingerprint density at radius 1 is 1.32 bits per heavy atom. The van der Waals surface area contributed by atoms with Gasteiger partial charge in [-0.15, -0.1) is 0 Å². The van der Waals surface area contributed by atoms with E-state index in [1.165, 1.54) is 18.2 Å². The van der Waals surface area contributed by atoms with E-state index in [9.17, 15) is 9.18 Å². The first-order valence-corrected chi connectivity index (χ1v) is 6.53. The largest absolute Gasteiger partial charge is 0.346 e. The van der Waals surface area contributed by atoms with Gasteiger partial charge in [0, 0.05) is 18.0 Å². The fourth-order valence-corrected chi connectivity index (χ4v) is 2.03. The fraction of sp³-hybridized carbons (Fsp3) is 0.143. The molecule has 0 saturated carbocycles. The number of rotatable bonds is 3. The SMILES string of the molecule is CC(NC(=O)c1ccc(F)c(Br)c1)c1ccncc1. The summed E-state index contributed by atoms with van der Waals surface area (Å²) < 4.78 is 13.4. The molecule has 0 aliphatic heterocycles. The predicted octanol–water partition coefficient (Wildman–Crippen LogP) is 3.47. The number of aromatic nitrogens is 1. The lowest BCUT2D eigenvalue weighted by molar-refractivity contribution is 0.0939. The van der Waals surface area contributed by atoms with E-state index < -0.39 is 5.82 Å². The van der Waals surface area contributed by atoms with Crippen LogP contribution in [0.25, 0.3) is 0 Å². The molecule has 1 unspecified atom stereocenters. The summed E-state index contributed by atoms with van der Waals surface area (Å²) in [6.07, 6.45) is 3.35. The first kappa shape index (κ1) is 13.7. The summed E-state index contributed by atoms with van der Waals surface area (Å²) in [4.78, 5) is 15.9. The van der Waals surface area contributed by atoms with E-state index in [0.29, 0.717) is 5.56 Å². The van der Waals surface area contributed by atoms with Crippen LogP contribution >= 0.6 is 15.9 Å². The van der Waals surface area contributed by atoms with Crippen LogP contribution in [0.2, 0.25) is 0 Å². The maximum absolute atomic E-state index is 13.1. The molecule has 0 saturated heterocycles. The molecule has 0 aliphatic carbocycles. The van der Waals surface area contributed by atoms with Gasteiger partial charge in [0.2, 0.25) is 0 Å². The third-order valence-corrected chi connectivity index (χ3v) is 3.34. The number of hydrogen-bond donors (Lipinski definition) is 1. The molecule has 1 N–H and O–H groups in total. The molecule has 0 spiro atoms. The number of benzene rings is 1. The highest BCUT2D eigenvalue weighted by Gasteiger charge is 2.12. The van der Waals surface area contributed by atoms with E-state index >= 15 is 0 Å². The summed E-state index contributed by atoms with van der Waals surface area (Å²) in [5, 5.41) is 2.85. The molecule has 98 valence electrons. The van der Waals surface area contributed by atoms with Gasteiger partial charge in [-0.25, -0.2) is 4.39 Å². The molecule has 2 rings (SSSR count). The highest BCUT2D eigenvalue weighted by molar-refractivity contribution is 9.10. The number of halogens is 2. The normalized spacial score (nSPS) is 11.9. The molecule has 0 bridgehead atoms. The van der Waals surface area contributed by atoms with Gasteiger partial charge in [-0.3, -0.25) is 9.78 Å². The van der Waals surface area contributed by atoms with Crippen molar-refractivity contribution < 1.29 is 9.18 Å². The Morgan fingerprint density at radius 3 is 2.63 bits per heavy atom. The number of hydrogen-bond acceptors (Lipinski definition) is 2. The summed E-state index contributed by atoms with van der Waals surface area (Å²) in [7, 11) is 0. The van der Waals surface area contributed by atoms with E-state index in [1.54, 1.807) is 12.4 Å². The van der Waals surface area contributed by atoms with Gasteiger partial charge in [0.25, 0.3) is 5.91 Å². The highest BCUT2D eigenvalue weighted by atomic mass is 79.9. The van der Waals surface area contributed by atoms with Crippen molar-refractivity contribution in [1.82, 2.24) is 10.3 Å². The Bertz CT molecular complexity index is 589. The molecule has 1 amide bonds. The van der Waals surface area contributed by atoms with Gasteiger partial charge in [-0.2, -0.15) is 0 Å². The molecule has 1 atom stereocenters. The maximum Gasteiger partial charge on any atom is 0.251 e. The summed E-state index contributed by atoms with van der Waals surface area (Å²) in [5.41, 5.74) is 1.37. The fourth-order valence-electron chi connectivity index (χ4n) is 1.65. The van der Waals surface area contributed by atoms with E-state index in [0.717, 1.165) is 5.56 Å². The molecular weight excluding hydrogens is 311 g/mol. The van der Waals surface area contributed by atoms with Crippen LogP contribution < -0.4 is 5.32 Å². The van der Waals surface area contributed by atoms with Gasteiger partial charge in [-0.1, -0.05) is 0 Å². The second kappa shape index (κ2) is 5.93. The molecule has 3 nitrogen and oxygen atoms in total. The Morgan fingerprint density at radius 2 is 2.00 bits per heavy atom. The van der Waals surface area contributed by atoms with Crippen LogP contribution in [0.4, 0.5) is 4.39 Å². The van der Waals surface area contributed by atoms with Crippen molar-refractivity contribution in [2.75, 3.05) is 0 Å². The Labute approximate surface area is 119 Å². The van der Waals surface area contributed by atoms with Crippen LogP contribution in [0.15, 0.2) is 47.2 Å². The van der Waals surface area contributed by atoms with Crippen LogP contribution in [0.1, 0.15) is 28.9 Å². The Kier molecular flexibility index (Phi) is 4.27. The van der Waals surface area contributed by atoms with Crippen LogP contribution in [-0.2, 0) is 0 Å². The Balaban J connectivity index is 2.11. The summed E-state index contributed by atoms with van der Waals surface area (Å²) in [5.74, 6) is -0.635. The monoisotopic (exact) mass is 322 g/mol. The number of nitrogens with one attached hydrogen (secondary N) is 1. The van der Waals surface area contributed by atoms with Crippen LogP contribution in [0.3, 0.4) is 0 Å². The van der Waals surface area contributed by atoms with E-state index in [4.69, 9.17) is 0 Å². The second-order valence-corrected chi connectivity index (χ2v) is 4.96. The molecule has 2 aromatic rings. The van der Waals surface area contributed by atoms with Crippen molar-refractivity contribution in [2.45, 2.75) is 13.0 Å². The van der Waals surface area contributed by atoms with Gasteiger partial charge in [-0.05, 0) is 58.7 Å². The molecule has 0 aliphatic rings. The zero-order valence-corrected chi connectivity index (χ0v) is 11.8. The quantitative estimate of drug-likeness (QED) is 0.940. The summed E-state index contributed by atoms with van der Waals surface area (Å²) >= 11 is 3.06. The predicted molar refractivity (Wildman–Crippen MR) is 74.2 cm³/mol. The van der Waals surface area contributed by atoms with Crippen LogP contribution in [0.5, 0.6) is 0 Å². The van der Waals surface area contributed by atoms with Crippen LogP contribution in [-0.4, -0.2) is 10.9 Å². The first-order chi connectivity index (χ1) is 9.08. The van der Waals surface area contributed by atoms with E-state index in [1.807, 2.05) is 19.1 Å². The summed E-state index contributed by atoms with van der Waals surface area (Å²) in [6, 6.07) is 7.71. The lowest BCUT2D eigenvalue weighted by Gasteiger charge is -2.14. The third kappa shape index (κ3) is 3.38. The molecule has 0 radical (unpaired) electrons. The molecule has 1 aromatic carbocycles. The number of nitrogens with zero attached hydrogens (tertiary/aromatic N) is 1. The van der Waals surface area contributed by atoms with Gasteiger partial charge in [0.05, 0.1) is 10.5 Å². The highest BCUT2D eigenvalue weighted by Crippen LogP contribution is 2.18. The molecule has 0 fully saturated rings. The van der Waals surface area contributed by atoms with Crippen molar-refractivity contribution in [3.8, 4) is 0 Å². The van der Waals surface area contributed by atoms with E-state index in [-0.39, 0.29) is 16.4 Å². The zero-order chi connectivity index (χ0) is 13.8. The minimum atomic E-state index is -0.390. The molecule has 19 heavy (non-hydrogen) atoms.